The molecule has 1 amide bonds. The summed E-state index contributed by atoms with van der Waals surface area (Å²) >= 11 is 0. The van der Waals surface area contributed by atoms with Crippen molar-refractivity contribution < 1.29 is 14.6 Å². The molecule has 130 valence electrons. The van der Waals surface area contributed by atoms with Gasteiger partial charge in [0.05, 0.1) is 13.2 Å². The first-order chi connectivity index (χ1) is 11.2. The molecule has 1 N–H and O–H groups in total. The molecule has 23 heavy (non-hydrogen) atoms. The van der Waals surface area contributed by atoms with Crippen LogP contribution >= 0.6 is 0 Å². The Kier molecular flexibility index (Phi) is 4.37. The van der Waals surface area contributed by atoms with E-state index >= 15 is 0 Å². The first kappa shape index (κ1) is 15.9. The van der Waals surface area contributed by atoms with Crippen molar-refractivity contribution in [2.24, 2.45) is 17.3 Å². The van der Waals surface area contributed by atoms with Gasteiger partial charge in [0.25, 0.3) is 0 Å². The Morgan fingerprint density at radius 2 is 1.96 bits per heavy atom. The van der Waals surface area contributed by atoms with E-state index in [2.05, 4.69) is 9.80 Å². The van der Waals surface area contributed by atoms with Crippen LogP contribution < -0.4 is 0 Å². The van der Waals surface area contributed by atoms with Crippen molar-refractivity contribution >= 4 is 5.91 Å². The van der Waals surface area contributed by atoms with E-state index in [0.717, 1.165) is 64.9 Å². The molecule has 0 unspecified atom stereocenters. The van der Waals surface area contributed by atoms with E-state index in [1.807, 2.05) is 0 Å². The summed E-state index contributed by atoms with van der Waals surface area (Å²) in [5.74, 6) is 1.32. The Morgan fingerprint density at radius 1 is 1.17 bits per heavy atom. The molecule has 0 radical (unpaired) electrons. The molecule has 0 aromatic rings. The van der Waals surface area contributed by atoms with Crippen LogP contribution in [0.15, 0.2) is 0 Å². The minimum Gasteiger partial charge on any atom is -0.396 e. The summed E-state index contributed by atoms with van der Waals surface area (Å²) in [6, 6.07) is 0.578. The number of ether oxygens (including phenoxy) is 1. The number of carbonyl (C=O) groups excluding carboxylic acids is 1. The number of likely N-dealkylation sites (tertiary alicyclic amines) is 2. The van der Waals surface area contributed by atoms with Crippen molar-refractivity contribution in [3.8, 4) is 0 Å². The van der Waals surface area contributed by atoms with E-state index < -0.39 is 0 Å². The molecular formula is C18H30N2O3. The molecule has 5 heteroatoms. The van der Waals surface area contributed by atoms with E-state index in [9.17, 15) is 9.90 Å². The summed E-state index contributed by atoms with van der Waals surface area (Å²) in [5, 5.41) is 9.92. The molecule has 2 atom stereocenters. The summed E-state index contributed by atoms with van der Waals surface area (Å²) in [6.45, 7) is 5.71. The number of nitrogens with zero attached hydrogens (tertiary/aromatic N) is 2. The van der Waals surface area contributed by atoms with Crippen LogP contribution in [0.2, 0.25) is 0 Å². The highest BCUT2D eigenvalue weighted by Crippen LogP contribution is 2.42. The van der Waals surface area contributed by atoms with Crippen molar-refractivity contribution in [1.82, 2.24) is 9.80 Å². The number of hydrogen-bond acceptors (Lipinski definition) is 4. The molecule has 4 fully saturated rings. The Morgan fingerprint density at radius 3 is 2.57 bits per heavy atom. The lowest BCUT2D eigenvalue weighted by Crippen LogP contribution is -2.49. The molecule has 5 nitrogen and oxygen atoms in total. The summed E-state index contributed by atoms with van der Waals surface area (Å²) in [7, 11) is 0. The maximum atomic E-state index is 12.4. The van der Waals surface area contributed by atoms with Gasteiger partial charge in [0.1, 0.15) is 0 Å². The van der Waals surface area contributed by atoms with Crippen molar-refractivity contribution in [3.05, 3.63) is 0 Å². The zero-order valence-corrected chi connectivity index (χ0v) is 14.1. The molecule has 4 aliphatic rings. The first-order valence-electron chi connectivity index (χ1n) is 9.43. The van der Waals surface area contributed by atoms with Gasteiger partial charge in [0.15, 0.2) is 0 Å². The van der Waals surface area contributed by atoms with Gasteiger partial charge < -0.3 is 14.7 Å². The van der Waals surface area contributed by atoms with E-state index in [-0.39, 0.29) is 12.0 Å². The lowest BCUT2D eigenvalue weighted by Gasteiger charge is -2.40. The second kappa shape index (κ2) is 6.34. The fourth-order valence-electron chi connectivity index (χ4n) is 5.00. The van der Waals surface area contributed by atoms with E-state index in [0.29, 0.717) is 30.4 Å². The normalized spacial score (nSPS) is 36.7. The molecule has 4 rings (SSSR count). The molecule has 1 saturated carbocycles. The molecule has 0 aromatic carbocycles. The third-order valence-electron chi connectivity index (χ3n) is 6.90. The summed E-state index contributed by atoms with van der Waals surface area (Å²) in [4.78, 5) is 17.1. The molecule has 3 heterocycles. The Labute approximate surface area is 139 Å². The SMILES string of the molecule is O=C(C1CCC1)N1CCC(N2C[C@@H]3CCOC[C@]3(CO)C2)CC1. The van der Waals surface area contributed by atoms with Crippen LogP contribution in [0.1, 0.15) is 38.5 Å². The van der Waals surface area contributed by atoms with Gasteiger partial charge in [0, 0.05) is 50.2 Å². The van der Waals surface area contributed by atoms with E-state index in [1.165, 1.54) is 6.42 Å². The van der Waals surface area contributed by atoms with Crippen LogP contribution in [0, 0.1) is 17.3 Å². The predicted molar refractivity (Wildman–Crippen MR) is 87.0 cm³/mol. The molecule has 0 aromatic heterocycles. The monoisotopic (exact) mass is 322 g/mol. The highest BCUT2D eigenvalue weighted by Gasteiger charge is 2.49. The molecule has 1 aliphatic carbocycles. The Hall–Kier alpha value is -0.650. The fraction of sp³-hybridized carbons (Fsp3) is 0.944. The third-order valence-corrected chi connectivity index (χ3v) is 6.90. The number of carbonyl (C=O) groups is 1. The number of rotatable bonds is 3. The predicted octanol–water partition coefficient (Wildman–Crippen LogP) is 1.11. The number of amides is 1. The van der Waals surface area contributed by atoms with Gasteiger partial charge in [-0.3, -0.25) is 9.69 Å². The van der Waals surface area contributed by atoms with Crippen molar-refractivity contribution in [3.63, 3.8) is 0 Å². The topological polar surface area (TPSA) is 53.0 Å². The second-order valence-electron chi connectivity index (χ2n) is 8.17. The summed E-state index contributed by atoms with van der Waals surface area (Å²) in [6.07, 6.45) is 6.70. The number of piperidine rings is 1. The van der Waals surface area contributed by atoms with Gasteiger partial charge in [0.2, 0.25) is 5.91 Å². The van der Waals surface area contributed by atoms with Gasteiger partial charge in [-0.15, -0.1) is 0 Å². The van der Waals surface area contributed by atoms with E-state index in [4.69, 9.17) is 4.74 Å². The zero-order chi connectivity index (χ0) is 15.9. The van der Waals surface area contributed by atoms with Gasteiger partial charge in [-0.25, -0.2) is 0 Å². The highest BCUT2D eigenvalue weighted by molar-refractivity contribution is 5.79. The molecule has 3 aliphatic heterocycles. The minimum absolute atomic E-state index is 0.0306. The number of fused-ring (bicyclic) bond motifs is 1. The van der Waals surface area contributed by atoms with E-state index in [1.54, 1.807) is 0 Å². The summed E-state index contributed by atoms with van der Waals surface area (Å²) < 4.78 is 5.67. The van der Waals surface area contributed by atoms with Gasteiger partial charge in [-0.1, -0.05) is 6.42 Å². The highest BCUT2D eigenvalue weighted by atomic mass is 16.5. The van der Waals surface area contributed by atoms with Crippen LogP contribution in [0.5, 0.6) is 0 Å². The maximum Gasteiger partial charge on any atom is 0.225 e. The number of aliphatic hydroxyl groups excluding tert-OH is 1. The maximum absolute atomic E-state index is 12.4. The average Bonchev–Trinajstić information content (AvgIpc) is 2.93. The summed E-state index contributed by atoms with van der Waals surface area (Å²) in [5.41, 5.74) is -0.0306. The van der Waals surface area contributed by atoms with Gasteiger partial charge >= 0.3 is 0 Å². The van der Waals surface area contributed by atoms with Gasteiger partial charge in [-0.05, 0) is 38.0 Å². The van der Waals surface area contributed by atoms with Crippen molar-refractivity contribution in [2.45, 2.75) is 44.6 Å². The smallest absolute Gasteiger partial charge is 0.225 e. The van der Waals surface area contributed by atoms with Crippen LogP contribution in [0.25, 0.3) is 0 Å². The van der Waals surface area contributed by atoms with Gasteiger partial charge in [-0.2, -0.15) is 0 Å². The number of hydrogen-bond donors (Lipinski definition) is 1. The standard InChI is InChI=1S/C18H30N2O3/c21-12-18-11-20(10-15(18)6-9-23-13-18)16-4-7-19(8-5-16)17(22)14-2-1-3-14/h14-16,21H,1-13H2/t15-,18+/m0/s1. The third kappa shape index (κ3) is 2.81. The molecular weight excluding hydrogens is 292 g/mol. The van der Waals surface area contributed by atoms with Crippen molar-refractivity contribution in [1.29, 1.82) is 0 Å². The molecule has 0 spiro atoms. The van der Waals surface area contributed by atoms with Crippen LogP contribution in [-0.4, -0.2) is 72.9 Å². The lowest BCUT2D eigenvalue weighted by atomic mass is 9.76. The second-order valence-corrected chi connectivity index (χ2v) is 8.17. The lowest BCUT2D eigenvalue weighted by molar-refractivity contribution is -0.139. The fourth-order valence-corrected chi connectivity index (χ4v) is 5.00. The average molecular weight is 322 g/mol. The first-order valence-corrected chi connectivity index (χ1v) is 9.43. The van der Waals surface area contributed by atoms with Crippen LogP contribution in [0.3, 0.4) is 0 Å². The van der Waals surface area contributed by atoms with Crippen LogP contribution in [-0.2, 0) is 9.53 Å². The largest absolute Gasteiger partial charge is 0.396 e. The Balaban J connectivity index is 1.33. The zero-order valence-electron chi connectivity index (χ0n) is 14.1. The number of aliphatic hydroxyl groups is 1. The molecule has 3 saturated heterocycles. The molecule has 0 bridgehead atoms. The van der Waals surface area contributed by atoms with Crippen LogP contribution in [0.4, 0.5) is 0 Å². The minimum atomic E-state index is -0.0306. The van der Waals surface area contributed by atoms with Crippen molar-refractivity contribution in [2.75, 3.05) is 46.0 Å². The Bertz CT molecular complexity index is 446. The quantitative estimate of drug-likeness (QED) is 0.846.